The SMILES string of the molecule is C=C(COC)C(=O)CC[C@@H](OC(C)=O)c1ccccc1OCCO. The van der Waals surface area contributed by atoms with Crippen molar-refractivity contribution in [2.75, 3.05) is 26.9 Å². The van der Waals surface area contributed by atoms with Gasteiger partial charge in [0, 0.05) is 31.6 Å². The lowest BCUT2D eigenvalue weighted by Crippen LogP contribution is -2.14. The molecule has 1 aromatic rings. The summed E-state index contributed by atoms with van der Waals surface area (Å²) in [5, 5.41) is 8.91. The summed E-state index contributed by atoms with van der Waals surface area (Å²) in [6.45, 7) is 5.18. The highest BCUT2D eigenvalue weighted by Gasteiger charge is 2.21. The summed E-state index contributed by atoms with van der Waals surface area (Å²) in [5.74, 6) is -0.0659. The lowest BCUT2D eigenvalue weighted by atomic mass is 10.00. The zero-order valence-corrected chi connectivity index (χ0v) is 14.1. The number of methoxy groups -OCH3 is 1. The van der Waals surface area contributed by atoms with E-state index in [2.05, 4.69) is 6.58 Å². The first-order chi connectivity index (χ1) is 11.5. The summed E-state index contributed by atoms with van der Waals surface area (Å²) in [6, 6.07) is 7.08. The minimum absolute atomic E-state index is 0.123. The lowest BCUT2D eigenvalue weighted by Gasteiger charge is -2.20. The van der Waals surface area contributed by atoms with E-state index < -0.39 is 12.1 Å². The number of ketones is 1. The number of benzene rings is 1. The largest absolute Gasteiger partial charge is 0.491 e. The molecular formula is C18H24O6. The average molecular weight is 336 g/mol. The Kier molecular flexibility index (Phi) is 8.75. The van der Waals surface area contributed by atoms with Crippen LogP contribution < -0.4 is 4.74 Å². The summed E-state index contributed by atoms with van der Waals surface area (Å²) in [4.78, 5) is 23.4. The zero-order valence-electron chi connectivity index (χ0n) is 14.1. The number of hydrogen-bond donors (Lipinski definition) is 1. The van der Waals surface area contributed by atoms with Crippen molar-refractivity contribution in [3.05, 3.63) is 42.0 Å². The van der Waals surface area contributed by atoms with Crippen LogP contribution in [0.4, 0.5) is 0 Å². The number of aliphatic hydroxyl groups is 1. The number of hydrogen-bond acceptors (Lipinski definition) is 6. The molecule has 0 fully saturated rings. The van der Waals surface area contributed by atoms with Gasteiger partial charge in [-0.2, -0.15) is 0 Å². The van der Waals surface area contributed by atoms with E-state index in [1.807, 2.05) is 0 Å². The molecule has 0 aliphatic heterocycles. The van der Waals surface area contributed by atoms with Gasteiger partial charge in [-0.15, -0.1) is 0 Å². The van der Waals surface area contributed by atoms with Gasteiger partial charge in [-0.3, -0.25) is 9.59 Å². The second-order valence-corrected chi connectivity index (χ2v) is 5.21. The Bertz CT molecular complexity index is 566. The molecule has 0 bridgehead atoms. The number of ether oxygens (including phenoxy) is 3. The van der Waals surface area contributed by atoms with E-state index in [0.717, 1.165) is 0 Å². The third-order valence-electron chi connectivity index (χ3n) is 3.27. The molecule has 0 heterocycles. The minimum Gasteiger partial charge on any atom is -0.491 e. The molecule has 1 rings (SSSR count). The van der Waals surface area contributed by atoms with Gasteiger partial charge in [0.05, 0.1) is 13.2 Å². The number of rotatable bonds is 11. The second-order valence-electron chi connectivity index (χ2n) is 5.21. The number of esters is 1. The first kappa shape index (κ1) is 19.9. The normalized spacial score (nSPS) is 11.6. The predicted molar refractivity (Wildman–Crippen MR) is 88.8 cm³/mol. The van der Waals surface area contributed by atoms with E-state index in [1.165, 1.54) is 14.0 Å². The maximum Gasteiger partial charge on any atom is 0.303 e. The quantitative estimate of drug-likeness (QED) is 0.493. The fraction of sp³-hybridized carbons (Fsp3) is 0.444. The standard InChI is InChI=1S/C18H24O6/c1-13(12-22-3)16(21)8-9-18(24-14(2)20)15-6-4-5-7-17(15)23-11-10-19/h4-7,18-19H,1,8-12H2,2-3H3/t18-/m1/s1. The van der Waals surface area contributed by atoms with Crippen molar-refractivity contribution < 1.29 is 28.9 Å². The average Bonchev–Trinajstić information content (AvgIpc) is 2.56. The monoisotopic (exact) mass is 336 g/mol. The molecule has 0 spiro atoms. The summed E-state index contributed by atoms with van der Waals surface area (Å²) in [5.41, 5.74) is 1.04. The molecule has 1 N–H and O–H groups in total. The van der Waals surface area contributed by atoms with E-state index in [-0.39, 0.29) is 32.0 Å². The van der Waals surface area contributed by atoms with Gasteiger partial charge >= 0.3 is 5.97 Å². The molecule has 0 saturated carbocycles. The molecule has 0 aliphatic rings. The molecule has 0 amide bonds. The van der Waals surface area contributed by atoms with Crippen molar-refractivity contribution in [2.45, 2.75) is 25.9 Å². The highest BCUT2D eigenvalue weighted by atomic mass is 16.5. The van der Waals surface area contributed by atoms with Gasteiger partial charge in [-0.25, -0.2) is 0 Å². The van der Waals surface area contributed by atoms with Gasteiger partial charge in [0.2, 0.25) is 0 Å². The molecule has 0 radical (unpaired) electrons. The van der Waals surface area contributed by atoms with Gasteiger partial charge in [0.1, 0.15) is 18.5 Å². The number of carbonyl (C=O) groups is 2. The Labute approximate surface area is 142 Å². The molecule has 0 aromatic heterocycles. The molecule has 132 valence electrons. The molecule has 6 nitrogen and oxygen atoms in total. The molecule has 6 heteroatoms. The van der Waals surface area contributed by atoms with Crippen LogP contribution >= 0.6 is 0 Å². The first-order valence-electron chi connectivity index (χ1n) is 7.69. The van der Waals surface area contributed by atoms with Crippen LogP contribution in [0.25, 0.3) is 0 Å². The van der Waals surface area contributed by atoms with E-state index in [0.29, 0.717) is 23.3 Å². The topological polar surface area (TPSA) is 82.1 Å². The fourth-order valence-electron chi connectivity index (χ4n) is 2.21. The summed E-state index contributed by atoms with van der Waals surface area (Å²) in [7, 11) is 1.49. The number of carbonyl (C=O) groups excluding carboxylic acids is 2. The van der Waals surface area contributed by atoms with Crippen LogP contribution in [0.5, 0.6) is 5.75 Å². The van der Waals surface area contributed by atoms with Gasteiger partial charge in [-0.05, 0) is 12.5 Å². The summed E-state index contributed by atoms with van der Waals surface area (Å²) < 4.78 is 15.7. The van der Waals surface area contributed by atoms with Crippen molar-refractivity contribution >= 4 is 11.8 Å². The maximum atomic E-state index is 12.0. The highest BCUT2D eigenvalue weighted by molar-refractivity contribution is 5.94. The van der Waals surface area contributed by atoms with Crippen molar-refractivity contribution in [3.8, 4) is 5.75 Å². The van der Waals surface area contributed by atoms with E-state index in [1.54, 1.807) is 24.3 Å². The van der Waals surface area contributed by atoms with Crippen molar-refractivity contribution in [2.24, 2.45) is 0 Å². The number of aliphatic hydroxyl groups excluding tert-OH is 1. The molecule has 1 atom stereocenters. The Morgan fingerprint density at radius 3 is 2.62 bits per heavy atom. The van der Waals surface area contributed by atoms with Crippen LogP contribution in [-0.4, -0.2) is 43.8 Å². The van der Waals surface area contributed by atoms with Crippen LogP contribution in [-0.2, 0) is 19.1 Å². The molecule has 0 saturated heterocycles. The van der Waals surface area contributed by atoms with Crippen molar-refractivity contribution in [3.63, 3.8) is 0 Å². The smallest absolute Gasteiger partial charge is 0.303 e. The van der Waals surface area contributed by atoms with Gasteiger partial charge < -0.3 is 19.3 Å². The molecule has 24 heavy (non-hydrogen) atoms. The Morgan fingerprint density at radius 1 is 1.29 bits per heavy atom. The summed E-state index contributed by atoms with van der Waals surface area (Å²) >= 11 is 0. The second kappa shape index (κ2) is 10.6. The van der Waals surface area contributed by atoms with E-state index in [4.69, 9.17) is 19.3 Å². The Balaban J connectivity index is 2.87. The van der Waals surface area contributed by atoms with Crippen molar-refractivity contribution in [1.82, 2.24) is 0 Å². The van der Waals surface area contributed by atoms with E-state index >= 15 is 0 Å². The summed E-state index contributed by atoms with van der Waals surface area (Å²) in [6.07, 6.45) is -0.133. The number of Topliss-reactive ketones (excluding diaryl/α,β-unsaturated/α-hetero) is 1. The van der Waals surface area contributed by atoms with Crippen LogP contribution in [0.15, 0.2) is 36.4 Å². The minimum atomic E-state index is -0.614. The van der Waals surface area contributed by atoms with Crippen LogP contribution in [0.2, 0.25) is 0 Å². The number of para-hydroxylation sites is 1. The van der Waals surface area contributed by atoms with Crippen LogP contribution in [0, 0.1) is 0 Å². The van der Waals surface area contributed by atoms with Crippen LogP contribution in [0.3, 0.4) is 0 Å². The molecule has 1 aromatic carbocycles. The highest BCUT2D eigenvalue weighted by Crippen LogP contribution is 2.31. The first-order valence-corrected chi connectivity index (χ1v) is 7.69. The maximum absolute atomic E-state index is 12.0. The fourth-order valence-corrected chi connectivity index (χ4v) is 2.21. The predicted octanol–water partition coefficient (Wildman–Crippen LogP) is 2.21. The third kappa shape index (κ3) is 6.52. The Hall–Kier alpha value is -2.18. The van der Waals surface area contributed by atoms with Gasteiger partial charge in [-0.1, -0.05) is 24.8 Å². The van der Waals surface area contributed by atoms with Gasteiger partial charge in [0.25, 0.3) is 0 Å². The zero-order chi connectivity index (χ0) is 17.9. The third-order valence-corrected chi connectivity index (χ3v) is 3.27. The van der Waals surface area contributed by atoms with Gasteiger partial charge in [0.15, 0.2) is 5.78 Å². The van der Waals surface area contributed by atoms with Crippen molar-refractivity contribution in [1.29, 1.82) is 0 Å². The Morgan fingerprint density at radius 2 is 2.00 bits per heavy atom. The van der Waals surface area contributed by atoms with Crippen LogP contribution in [0.1, 0.15) is 31.4 Å². The molecular weight excluding hydrogens is 312 g/mol. The molecule has 0 aliphatic carbocycles. The van der Waals surface area contributed by atoms with E-state index in [9.17, 15) is 9.59 Å². The molecule has 0 unspecified atom stereocenters. The lowest BCUT2D eigenvalue weighted by molar-refractivity contribution is -0.147.